The summed E-state index contributed by atoms with van der Waals surface area (Å²) in [5.41, 5.74) is 2.37. The number of rotatable bonds is 2. The van der Waals surface area contributed by atoms with Crippen LogP contribution < -0.4 is 4.74 Å². The van der Waals surface area contributed by atoms with Crippen molar-refractivity contribution in [2.75, 3.05) is 7.11 Å². The van der Waals surface area contributed by atoms with Crippen LogP contribution in [-0.2, 0) is 6.18 Å². The molecule has 0 unspecified atom stereocenters. The van der Waals surface area contributed by atoms with Gasteiger partial charge in [0.2, 0.25) is 0 Å². The van der Waals surface area contributed by atoms with Gasteiger partial charge in [-0.3, -0.25) is 0 Å². The van der Waals surface area contributed by atoms with E-state index in [-0.39, 0.29) is 5.52 Å². The van der Waals surface area contributed by atoms with E-state index < -0.39 is 11.7 Å². The molecule has 7 heteroatoms. The Labute approximate surface area is 130 Å². The highest BCUT2D eigenvalue weighted by atomic mass is 19.4. The van der Waals surface area contributed by atoms with Gasteiger partial charge in [0.25, 0.3) is 0 Å². The summed E-state index contributed by atoms with van der Waals surface area (Å²) < 4.78 is 43.7. The molecule has 1 heterocycles. The number of ether oxygens (including phenoxy) is 1. The highest BCUT2D eigenvalue weighted by Crippen LogP contribution is 2.32. The summed E-state index contributed by atoms with van der Waals surface area (Å²) in [6.07, 6.45) is -4.41. The Hall–Kier alpha value is -2.57. The number of methoxy groups -OCH3 is 1. The van der Waals surface area contributed by atoms with Crippen molar-refractivity contribution in [1.29, 1.82) is 0 Å². The van der Waals surface area contributed by atoms with Crippen molar-refractivity contribution in [3.05, 3.63) is 47.0 Å². The van der Waals surface area contributed by atoms with Crippen molar-refractivity contribution in [1.82, 2.24) is 15.0 Å². The topological polar surface area (TPSA) is 39.9 Å². The number of hydrogen-bond donors (Lipinski definition) is 0. The number of benzene rings is 2. The van der Waals surface area contributed by atoms with Gasteiger partial charge in [-0.2, -0.15) is 13.2 Å². The molecule has 0 amide bonds. The molecule has 0 aliphatic carbocycles. The molecule has 3 aromatic rings. The normalized spacial score (nSPS) is 11.9. The summed E-state index contributed by atoms with van der Waals surface area (Å²) in [6, 6.07) is 7.01. The van der Waals surface area contributed by atoms with Crippen LogP contribution in [-0.4, -0.2) is 22.1 Å². The van der Waals surface area contributed by atoms with E-state index in [1.165, 1.54) is 18.0 Å². The lowest BCUT2D eigenvalue weighted by Gasteiger charge is -2.12. The molecule has 120 valence electrons. The summed E-state index contributed by atoms with van der Waals surface area (Å²) in [5, 5.41) is 8.47. The average molecular weight is 321 g/mol. The number of halogens is 3. The van der Waals surface area contributed by atoms with E-state index in [2.05, 4.69) is 10.2 Å². The van der Waals surface area contributed by atoms with E-state index in [4.69, 9.17) is 4.74 Å². The molecular formula is C16H14F3N3O. The first-order valence-electron chi connectivity index (χ1n) is 6.90. The zero-order chi connectivity index (χ0) is 16.8. The van der Waals surface area contributed by atoms with Crippen molar-refractivity contribution in [2.24, 2.45) is 0 Å². The number of hydrogen-bond acceptors (Lipinski definition) is 3. The molecule has 0 aliphatic heterocycles. The summed E-state index contributed by atoms with van der Waals surface area (Å²) in [5.74, 6) is 0.560. The molecule has 3 rings (SSSR count). The number of aryl methyl sites for hydroxylation is 1. The lowest BCUT2D eigenvalue weighted by atomic mass is 10.1. The minimum Gasteiger partial charge on any atom is -0.494 e. The first kappa shape index (κ1) is 15.3. The van der Waals surface area contributed by atoms with Crippen LogP contribution in [0.15, 0.2) is 30.3 Å². The van der Waals surface area contributed by atoms with Crippen LogP contribution in [0.25, 0.3) is 16.7 Å². The molecule has 2 aromatic carbocycles. The first-order chi connectivity index (χ1) is 10.8. The summed E-state index contributed by atoms with van der Waals surface area (Å²) in [4.78, 5) is 1.33. The Kier molecular flexibility index (Phi) is 3.50. The maximum Gasteiger partial charge on any atom is 0.416 e. The number of aromatic nitrogens is 3. The van der Waals surface area contributed by atoms with E-state index in [0.29, 0.717) is 17.0 Å². The minimum absolute atomic E-state index is 0.183. The summed E-state index contributed by atoms with van der Waals surface area (Å²) in [7, 11) is 1.53. The maximum atomic E-state index is 12.8. The quantitative estimate of drug-likeness (QED) is 0.714. The van der Waals surface area contributed by atoms with Crippen LogP contribution in [0, 0.1) is 13.8 Å². The van der Waals surface area contributed by atoms with Gasteiger partial charge in [-0.15, -0.1) is 15.0 Å². The second-order valence-corrected chi connectivity index (χ2v) is 5.25. The van der Waals surface area contributed by atoms with Crippen LogP contribution in [0.2, 0.25) is 0 Å². The fourth-order valence-electron chi connectivity index (χ4n) is 2.38. The first-order valence-corrected chi connectivity index (χ1v) is 6.90. The zero-order valence-electron chi connectivity index (χ0n) is 12.8. The van der Waals surface area contributed by atoms with Gasteiger partial charge in [-0.25, -0.2) is 0 Å². The van der Waals surface area contributed by atoms with Gasteiger partial charge >= 0.3 is 6.18 Å². The molecule has 0 saturated carbocycles. The van der Waals surface area contributed by atoms with Crippen LogP contribution in [0.1, 0.15) is 16.7 Å². The van der Waals surface area contributed by atoms with Crippen molar-refractivity contribution >= 4 is 11.0 Å². The SMILES string of the molecule is COc1ccc(C)c(C)c1-n1nc2ccc(C(F)(F)F)cc2n1. The summed E-state index contributed by atoms with van der Waals surface area (Å²) in [6.45, 7) is 3.83. The largest absolute Gasteiger partial charge is 0.494 e. The highest BCUT2D eigenvalue weighted by molar-refractivity contribution is 5.75. The number of fused-ring (bicyclic) bond motifs is 1. The lowest BCUT2D eigenvalue weighted by molar-refractivity contribution is -0.137. The Balaban J connectivity index is 2.21. The molecule has 0 N–H and O–H groups in total. The standard InChI is InChI=1S/C16H14F3N3O/c1-9-4-7-14(23-3)15(10(9)2)22-20-12-6-5-11(16(17,18)19)8-13(12)21-22/h4-8H,1-3H3. The number of alkyl halides is 3. The third-order valence-electron chi connectivity index (χ3n) is 3.79. The van der Waals surface area contributed by atoms with Gasteiger partial charge in [0.05, 0.1) is 12.7 Å². The molecular weight excluding hydrogens is 307 g/mol. The van der Waals surface area contributed by atoms with E-state index in [1.54, 1.807) is 6.07 Å². The molecule has 23 heavy (non-hydrogen) atoms. The zero-order valence-corrected chi connectivity index (χ0v) is 12.8. The monoisotopic (exact) mass is 321 g/mol. The molecule has 0 radical (unpaired) electrons. The molecule has 0 spiro atoms. The lowest BCUT2D eigenvalue weighted by Crippen LogP contribution is -2.05. The van der Waals surface area contributed by atoms with Crippen LogP contribution >= 0.6 is 0 Å². The third kappa shape index (κ3) is 2.62. The fraction of sp³-hybridized carbons (Fsp3) is 0.250. The van der Waals surface area contributed by atoms with E-state index in [1.807, 2.05) is 19.9 Å². The molecule has 0 bridgehead atoms. The third-order valence-corrected chi connectivity index (χ3v) is 3.79. The molecule has 0 atom stereocenters. The van der Waals surface area contributed by atoms with Crippen molar-refractivity contribution in [3.8, 4) is 11.4 Å². The fourth-order valence-corrected chi connectivity index (χ4v) is 2.38. The predicted molar refractivity (Wildman–Crippen MR) is 79.9 cm³/mol. The minimum atomic E-state index is -4.41. The number of nitrogens with zero attached hydrogens (tertiary/aromatic N) is 3. The second-order valence-electron chi connectivity index (χ2n) is 5.25. The van der Waals surface area contributed by atoms with Gasteiger partial charge in [-0.1, -0.05) is 6.07 Å². The van der Waals surface area contributed by atoms with Gasteiger partial charge < -0.3 is 4.74 Å². The Morgan fingerprint density at radius 2 is 1.70 bits per heavy atom. The maximum absolute atomic E-state index is 12.8. The smallest absolute Gasteiger partial charge is 0.416 e. The predicted octanol–water partition coefficient (Wildman–Crippen LogP) is 4.06. The Morgan fingerprint density at radius 3 is 2.35 bits per heavy atom. The molecule has 1 aromatic heterocycles. The van der Waals surface area contributed by atoms with Gasteiger partial charge in [0.15, 0.2) is 0 Å². The van der Waals surface area contributed by atoms with E-state index in [0.717, 1.165) is 23.3 Å². The van der Waals surface area contributed by atoms with Crippen molar-refractivity contribution in [3.63, 3.8) is 0 Å². The van der Waals surface area contributed by atoms with Gasteiger partial charge in [-0.05, 0) is 49.2 Å². The van der Waals surface area contributed by atoms with Crippen LogP contribution in [0.4, 0.5) is 13.2 Å². The van der Waals surface area contributed by atoms with E-state index in [9.17, 15) is 13.2 Å². The van der Waals surface area contributed by atoms with Crippen LogP contribution in [0.3, 0.4) is 0 Å². The Morgan fingerprint density at radius 1 is 1.00 bits per heavy atom. The van der Waals surface area contributed by atoms with Gasteiger partial charge in [0, 0.05) is 0 Å². The van der Waals surface area contributed by atoms with Crippen molar-refractivity contribution in [2.45, 2.75) is 20.0 Å². The van der Waals surface area contributed by atoms with E-state index >= 15 is 0 Å². The van der Waals surface area contributed by atoms with Gasteiger partial charge in [0.1, 0.15) is 22.5 Å². The van der Waals surface area contributed by atoms with Crippen LogP contribution in [0.5, 0.6) is 5.75 Å². The average Bonchev–Trinajstić information content (AvgIpc) is 2.91. The molecule has 4 nitrogen and oxygen atoms in total. The molecule has 0 saturated heterocycles. The Bertz CT molecular complexity index is 884. The highest BCUT2D eigenvalue weighted by Gasteiger charge is 2.31. The molecule has 0 fully saturated rings. The second kappa shape index (κ2) is 5.26. The summed E-state index contributed by atoms with van der Waals surface area (Å²) >= 11 is 0. The molecule has 0 aliphatic rings. The van der Waals surface area contributed by atoms with Crippen molar-refractivity contribution < 1.29 is 17.9 Å².